The van der Waals surface area contributed by atoms with Crippen molar-refractivity contribution in [1.82, 2.24) is 29.4 Å². The number of fused-ring (bicyclic) bond motifs is 1. The molecule has 1 saturated carbocycles. The van der Waals surface area contributed by atoms with Gasteiger partial charge in [-0.25, -0.2) is 14.5 Å². The lowest BCUT2D eigenvalue weighted by Gasteiger charge is -2.31. The fourth-order valence-corrected chi connectivity index (χ4v) is 7.87. The minimum absolute atomic E-state index is 0.151. The Labute approximate surface area is 289 Å². The number of benzene rings is 1. The number of hydrazone groups is 1. The zero-order valence-electron chi connectivity index (χ0n) is 29.5. The van der Waals surface area contributed by atoms with Gasteiger partial charge in [0.2, 0.25) is 0 Å². The standard InChI is InChI=1S/C38H48N8O2Si/c1-25-7-6-12-44(21-25)22-30-18-34-37(46(30)24-48-13-14-49(3,4)5)38(47)45(23-40-34)35-17-29(16-33(42-35)28-9-10-28)31-11-8-27(19-39)15-32(31)36-26(2)20-41-43-36/h8,11,15-18,23,25-26,28,41H,6-7,9-10,12-14,20-22,24H2,1-5H3/t25-,26?/m0/s1. The predicted molar refractivity (Wildman–Crippen MR) is 197 cm³/mol. The molecule has 11 heteroatoms. The number of nitrogens with one attached hydrogen (secondary N) is 1. The van der Waals surface area contributed by atoms with Gasteiger partial charge in [0, 0.05) is 63.1 Å². The molecule has 1 aromatic carbocycles. The number of hydrogen-bond donors (Lipinski definition) is 1. The van der Waals surface area contributed by atoms with Gasteiger partial charge in [-0.2, -0.15) is 10.4 Å². The van der Waals surface area contributed by atoms with E-state index in [0.717, 1.165) is 78.9 Å². The summed E-state index contributed by atoms with van der Waals surface area (Å²) >= 11 is 0. The summed E-state index contributed by atoms with van der Waals surface area (Å²) in [5.74, 6) is 1.77. The van der Waals surface area contributed by atoms with Crippen LogP contribution in [0.3, 0.4) is 0 Å². The lowest BCUT2D eigenvalue weighted by molar-refractivity contribution is 0.0848. The first-order chi connectivity index (χ1) is 23.6. The number of likely N-dealkylation sites (tertiary alicyclic amines) is 1. The number of aromatic nitrogens is 4. The van der Waals surface area contributed by atoms with Crippen LogP contribution < -0.4 is 11.0 Å². The van der Waals surface area contributed by atoms with Crippen molar-refractivity contribution in [2.24, 2.45) is 16.9 Å². The Balaban J connectivity index is 1.32. The summed E-state index contributed by atoms with van der Waals surface area (Å²) in [7, 11) is -1.27. The van der Waals surface area contributed by atoms with E-state index in [1.807, 2.05) is 24.3 Å². The summed E-state index contributed by atoms with van der Waals surface area (Å²) in [6.07, 6.45) is 6.23. The van der Waals surface area contributed by atoms with E-state index in [1.54, 1.807) is 10.9 Å². The van der Waals surface area contributed by atoms with Crippen LogP contribution in [0.25, 0.3) is 28.0 Å². The minimum Gasteiger partial charge on any atom is -0.361 e. The molecule has 1 saturated heterocycles. The predicted octanol–water partition coefficient (Wildman–Crippen LogP) is 6.49. The molecule has 2 aliphatic heterocycles. The van der Waals surface area contributed by atoms with Gasteiger partial charge < -0.3 is 14.7 Å². The largest absolute Gasteiger partial charge is 0.361 e. The average molecular weight is 677 g/mol. The van der Waals surface area contributed by atoms with Crippen molar-refractivity contribution in [3.05, 3.63) is 75.6 Å². The van der Waals surface area contributed by atoms with Crippen LogP contribution in [0.15, 0.2) is 52.6 Å². The normalized spacial score (nSPS) is 20.0. The third kappa shape index (κ3) is 7.27. The van der Waals surface area contributed by atoms with Crippen LogP contribution in [-0.4, -0.2) is 64.0 Å². The van der Waals surface area contributed by atoms with Crippen molar-refractivity contribution in [1.29, 1.82) is 5.26 Å². The molecule has 2 fully saturated rings. The lowest BCUT2D eigenvalue weighted by atomic mass is 9.90. The van der Waals surface area contributed by atoms with Gasteiger partial charge in [-0.15, -0.1) is 0 Å². The van der Waals surface area contributed by atoms with Gasteiger partial charge in [-0.1, -0.05) is 39.6 Å². The number of hydrogen-bond acceptors (Lipinski definition) is 8. The zero-order chi connectivity index (χ0) is 34.3. The highest BCUT2D eigenvalue weighted by atomic mass is 28.3. The molecule has 256 valence electrons. The second-order valence-electron chi connectivity index (χ2n) is 15.6. The molecule has 0 radical (unpaired) electrons. The van der Waals surface area contributed by atoms with Crippen LogP contribution >= 0.6 is 0 Å². The monoisotopic (exact) mass is 676 g/mol. The van der Waals surface area contributed by atoms with Gasteiger partial charge in [0.15, 0.2) is 0 Å². The van der Waals surface area contributed by atoms with E-state index in [2.05, 4.69) is 71.7 Å². The summed E-state index contributed by atoms with van der Waals surface area (Å²) in [5.41, 5.74) is 10.6. The van der Waals surface area contributed by atoms with Crippen molar-refractivity contribution >= 4 is 24.8 Å². The van der Waals surface area contributed by atoms with Crippen molar-refractivity contribution in [2.75, 3.05) is 26.2 Å². The number of nitriles is 1. The highest BCUT2D eigenvalue weighted by Crippen LogP contribution is 2.41. The molecule has 10 nitrogen and oxygen atoms in total. The van der Waals surface area contributed by atoms with Gasteiger partial charge in [0.05, 0.1) is 22.9 Å². The van der Waals surface area contributed by atoms with Crippen LogP contribution in [-0.2, 0) is 18.0 Å². The van der Waals surface area contributed by atoms with Gasteiger partial charge in [-0.3, -0.25) is 9.69 Å². The van der Waals surface area contributed by atoms with Crippen molar-refractivity contribution in [3.63, 3.8) is 0 Å². The molecular weight excluding hydrogens is 629 g/mol. The van der Waals surface area contributed by atoms with E-state index in [-0.39, 0.29) is 11.5 Å². The fraction of sp³-hybridized carbons (Fsp3) is 0.500. The van der Waals surface area contributed by atoms with Crippen molar-refractivity contribution in [3.8, 4) is 23.0 Å². The number of nitrogens with zero attached hydrogens (tertiary/aromatic N) is 7. The molecule has 5 heterocycles. The molecule has 3 aliphatic rings. The summed E-state index contributed by atoms with van der Waals surface area (Å²) in [6, 6.07) is 15.3. The maximum atomic E-state index is 14.6. The maximum Gasteiger partial charge on any atom is 0.283 e. The molecule has 7 rings (SSSR count). The smallest absolute Gasteiger partial charge is 0.283 e. The van der Waals surface area contributed by atoms with Gasteiger partial charge in [-0.05, 0) is 85.6 Å². The summed E-state index contributed by atoms with van der Waals surface area (Å²) < 4.78 is 9.95. The molecule has 1 unspecified atom stereocenters. The van der Waals surface area contributed by atoms with Crippen LogP contribution in [0.4, 0.5) is 0 Å². The number of rotatable bonds is 11. The average Bonchev–Trinajstić information content (AvgIpc) is 3.75. The maximum absolute atomic E-state index is 14.6. The molecule has 3 aromatic heterocycles. The SMILES string of the molecule is CC1CNN=C1c1cc(C#N)ccc1-c1cc(C2CC2)nc(-n2cnc3cc(CN4CCC[C@H](C)C4)n(COCC[Si](C)(C)C)c3c2=O)c1. The lowest BCUT2D eigenvalue weighted by Crippen LogP contribution is -2.34. The topological polar surface area (TPSA) is 113 Å². The van der Waals surface area contributed by atoms with Gasteiger partial charge in [0.1, 0.15) is 24.4 Å². The van der Waals surface area contributed by atoms with E-state index in [1.165, 1.54) is 12.8 Å². The Kier molecular flexibility index (Phi) is 9.30. The molecule has 0 amide bonds. The molecule has 49 heavy (non-hydrogen) atoms. The Hall–Kier alpha value is -4.11. The van der Waals surface area contributed by atoms with E-state index < -0.39 is 8.07 Å². The third-order valence-electron chi connectivity index (χ3n) is 10.1. The van der Waals surface area contributed by atoms with Gasteiger partial charge in [0.25, 0.3) is 5.56 Å². The molecular formula is C38H48N8O2Si. The van der Waals surface area contributed by atoms with Crippen LogP contribution in [0, 0.1) is 23.2 Å². The second-order valence-corrected chi connectivity index (χ2v) is 21.2. The third-order valence-corrected chi connectivity index (χ3v) is 11.8. The Morgan fingerprint density at radius 2 is 1.92 bits per heavy atom. The van der Waals surface area contributed by atoms with Crippen LogP contribution in [0.2, 0.25) is 25.7 Å². The van der Waals surface area contributed by atoms with Gasteiger partial charge >= 0.3 is 0 Å². The highest BCUT2D eigenvalue weighted by Gasteiger charge is 2.29. The molecule has 2 atom stereocenters. The quantitative estimate of drug-likeness (QED) is 0.143. The second kappa shape index (κ2) is 13.7. The molecule has 1 aliphatic carbocycles. The first-order valence-corrected chi connectivity index (χ1v) is 21.6. The van der Waals surface area contributed by atoms with E-state index in [9.17, 15) is 10.1 Å². The fourth-order valence-electron chi connectivity index (χ4n) is 7.11. The first-order valence-electron chi connectivity index (χ1n) is 17.9. The summed E-state index contributed by atoms with van der Waals surface area (Å²) in [5, 5.41) is 14.3. The zero-order valence-corrected chi connectivity index (χ0v) is 30.5. The van der Waals surface area contributed by atoms with E-state index in [4.69, 9.17) is 14.7 Å². The Morgan fingerprint density at radius 1 is 1.08 bits per heavy atom. The Morgan fingerprint density at radius 3 is 2.63 bits per heavy atom. The number of ether oxygens (including phenoxy) is 1. The van der Waals surface area contributed by atoms with Crippen molar-refractivity contribution in [2.45, 2.75) is 84.4 Å². The summed E-state index contributed by atoms with van der Waals surface area (Å²) in [4.78, 5) is 27.0. The van der Waals surface area contributed by atoms with Crippen molar-refractivity contribution < 1.29 is 4.74 Å². The molecule has 0 bridgehead atoms. The molecule has 1 N–H and O–H groups in total. The highest BCUT2D eigenvalue weighted by molar-refractivity contribution is 6.76. The number of piperidine rings is 1. The number of pyridine rings is 1. The van der Waals surface area contributed by atoms with Crippen LogP contribution in [0.5, 0.6) is 0 Å². The minimum atomic E-state index is -1.27. The van der Waals surface area contributed by atoms with Crippen LogP contribution in [0.1, 0.15) is 68.0 Å². The first kappa shape index (κ1) is 33.4. The summed E-state index contributed by atoms with van der Waals surface area (Å²) in [6.45, 7) is 16.1. The van der Waals surface area contributed by atoms with E-state index in [0.29, 0.717) is 47.6 Å². The van der Waals surface area contributed by atoms with E-state index >= 15 is 0 Å². The Bertz CT molecular complexity index is 2000. The molecule has 4 aromatic rings. The molecule has 0 spiro atoms.